The number of aliphatic hydroxyl groups excluding tert-OH is 1. The maximum Gasteiger partial charge on any atom is 0.282 e. The van der Waals surface area contributed by atoms with Crippen molar-refractivity contribution in [1.29, 1.82) is 0 Å². The first-order valence-corrected chi connectivity index (χ1v) is 15.6. The van der Waals surface area contributed by atoms with Gasteiger partial charge in [-0.25, -0.2) is 4.98 Å². The van der Waals surface area contributed by atoms with Crippen molar-refractivity contribution in [1.82, 2.24) is 14.5 Å². The highest BCUT2D eigenvalue weighted by atomic mass is 16.3. The Bertz CT molecular complexity index is 1650. The van der Waals surface area contributed by atoms with Crippen molar-refractivity contribution in [2.45, 2.75) is 71.3 Å². The summed E-state index contributed by atoms with van der Waals surface area (Å²) < 4.78 is 2.27. The molecule has 5 heteroatoms. The van der Waals surface area contributed by atoms with Gasteiger partial charge < -0.3 is 5.11 Å². The summed E-state index contributed by atoms with van der Waals surface area (Å²) >= 11 is 0. The van der Waals surface area contributed by atoms with E-state index in [1.165, 1.54) is 36.9 Å². The van der Waals surface area contributed by atoms with Crippen LogP contribution in [0.3, 0.4) is 0 Å². The van der Waals surface area contributed by atoms with E-state index in [9.17, 15) is 9.90 Å². The van der Waals surface area contributed by atoms with Crippen LogP contribution >= 0.6 is 0 Å². The zero-order chi connectivity index (χ0) is 27.9. The van der Waals surface area contributed by atoms with Crippen molar-refractivity contribution >= 4 is 0 Å². The summed E-state index contributed by atoms with van der Waals surface area (Å²) in [6.07, 6.45) is 8.85. The summed E-state index contributed by atoms with van der Waals surface area (Å²) in [6, 6.07) is 22.4. The maximum atomic E-state index is 13.6. The van der Waals surface area contributed by atoms with Crippen molar-refractivity contribution in [3.05, 3.63) is 88.3 Å². The van der Waals surface area contributed by atoms with Crippen LogP contribution in [0.15, 0.2) is 71.5 Å². The molecule has 41 heavy (non-hydrogen) atoms. The van der Waals surface area contributed by atoms with Crippen LogP contribution in [0.25, 0.3) is 28.5 Å². The monoisotopic (exact) mass is 545 g/mol. The second kappa shape index (κ2) is 9.09. The fourth-order valence-corrected chi connectivity index (χ4v) is 9.97. The van der Waals surface area contributed by atoms with Gasteiger partial charge in [0.25, 0.3) is 5.56 Å². The van der Waals surface area contributed by atoms with Crippen LogP contribution in [-0.2, 0) is 12.8 Å². The first kappa shape index (κ1) is 25.4. The lowest BCUT2D eigenvalue weighted by molar-refractivity contribution is -0.111. The van der Waals surface area contributed by atoms with Crippen LogP contribution in [0.4, 0.5) is 0 Å². The fourth-order valence-electron chi connectivity index (χ4n) is 9.97. The van der Waals surface area contributed by atoms with Gasteiger partial charge in [0.1, 0.15) is 0 Å². The molecule has 4 aliphatic carbocycles. The summed E-state index contributed by atoms with van der Waals surface area (Å²) in [5.74, 6) is 3.79. The Labute approximate surface area is 242 Å². The molecule has 0 amide bonds. The molecule has 0 spiro atoms. The van der Waals surface area contributed by atoms with E-state index in [0.29, 0.717) is 40.9 Å². The molecule has 2 aromatic rings. The van der Waals surface area contributed by atoms with Gasteiger partial charge in [0.2, 0.25) is 0 Å². The van der Waals surface area contributed by atoms with E-state index in [-0.39, 0.29) is 22.5 Å². The summed E-state index contributed by atoms with van der Waals surface area (Å²) in [4.78, 5) is 23.2. The van der Waals surface area contributed by atoms with E-state index in [4.69, 9.17) is 4.98 Å². The predicted molar refractivity (Wildman–Crippen MR) is 161 cm³/mol. The Morgan fingerprint density at radius 3 is 2.37 bits per heavy atom. The zero-order valence-corrected chi connectivity index (χ0v) is 24.1. The van der Waals surface area contributed by atoms with Gasteiger partial charge in [-0.15, -0.1) is 0 Å². The Balaban J connectivity index is 1.28. The number of rotatable bonds is 2. The highest BCUT2D eigenvalue weighted by molar-refractivity contribution is 5.66. The molecule has 7 atom stereocenters. The average Bonchev–Trinajstić information content (AvgIpc) is 3.30. The molecule has 2 heterocycles. The molecule has 3 fully saturated rings. The number of aliphatic hydroxyl groups is 1. The van der Waals surface area contributed by atoms with E-state index in [1.807, 2.05) is 36.4 Å². The fraction of sp³-hybridized carbons (Fsp3) is 0.472. The van der Waals surface area contributed by atoms with Crippen molar-refractivity contribution in [2.24, 2.45) is 34.5 Å². The van der Waals surface area contributed by atoms with E-state index < -0.39 is 0 Å². The predicted octanol–water partition coefficient (Wildman–Crippen LogP) is 6.72. The molecule has 0 saturated heterocycles. The number of para-hydroxylation sites is 1. The van der Waals surface area contributed by atoms with Crippen molar-refractivity contribution < 1.29 is 5.11 Å². The maximum absolute atomic E-state index is 13.6. The molecular formula is C36H39N3O2. The van der Waals surface area contributed by atoms with Crippen molar-refractivity contribution in [3.8, 4) is 28.5 Å². The third kappa shape index (κ3) is 3.67. The number of benzene rings is 2. The first-order chi connectivity index (χ1) is 19.9. The number of nitrogens with zero attached hydrogens (tertiary/aromatic N) is 3. The smallest absolute Gasteiger partial charge is 0.282 e. The second-order valence-corrected chi connectivity index (χ2v) is 13.9. The average molecular weight is 546 g/mol. The summed E-state index contributed by atoms with van der Waals surface area (Å²) in [6.45, 7) is 4.92. The van der Waals surface area contributed by atoms with Crippen LogP contribution in [0.1, 0.15) is 63.6 Å². The zero-order valence-electron chi connectivity index (χ0n) is 24.1. The number of hydrogen-bond acceptors (Lipinski definition) is 4. The van der Waals surface area contributed by atoms with Gasteiger partial charge in [0.05, 0.1) is 11.7 Å². The molecule has 5 nitrogen and oxygen atoms in total. The third-order valence-electron chi connectivity index (χ3n) is 12.1. The largest absolute Gasteiger partial charge is 0.393 e. The minimum Gasteiger partial charge on any atom is -0.393 e. The normalized spacial score (nSPS) is 34.0. The number of hydrogen-bond donors (Lipinski definition) is 1. The Kier molecular flexibility index (Phi) is 5.63. The molecule has 2 aromatic carbocycles. The molecule has 2 aliphatic heterocycles. The van der Waals surface area contributed by atoms with Crippen molar-refractivity contribution in [2.75, 3.05) is 0 Å². The lowest BCUT2D eigenvalue weighted by Crippen LogP contribution is -2.55. The number of aromatic nitrogens is 3. The molecule has 0 radical (unpaired) electrons. The Morgan fingerprint density at radius 1 is 0.854 bits per heavy atom. The Hall–Kier alpha value is -3.31. The first-order valence-electron chi connectivity index (χ1n) is 15.6. The molecule has 0 unspecified atom stereocenters. The molecule has 1 N–H and O–H groups in total. The van der Waals surface area contributed by atoms with Gasteiger partial charge >= 0.3 is 0 Å². The summed E-state index contributed by atoms with van der Waals surface area (Å²) in [5, 5.41) is 10.9. The van der Waals surface area contributed by atoms with E-state index in [2.05, 4.69) is 53.7 Å². The molecular weight excluding hydrogens is 506 g/mol. The van der Waals surface area contributed by atoms with Crippen LogP contribution in [-0.4, -0.2) is 25.7 Å². The van der Waals surface area contributed by atoms with E-state index in [0.717, 1.165) is 36.9 Å². The SMILES string of the molecule is C[C@]12Cc3cc4c(=O)nc(-c5ccccc5)nc-4n(-c4ccccc4)c3C[C@@H]1CC[C@@H]1[C@@H]2CC[C@]2(C)[C@@H](O)CC[C@@H]12. The van der Waals surface area contributed by atoms with Crippen molar-refractivity contribution in [3.63, 3.8) is 0 Å². The Morgan fingerprint density at radius 2 is 1.59 bits per heavy atom. The van der Waals surface area contributed by atoms with Gasteiger partial charge in [-0.1, -0.05) is 62.4 Å². The van der Waals surface area contributed by atoms with Gasteiger partial charge in [0.15, 0.2) is 11.6 Å². The second-order valence-electron chi connectivity index (χ2n) is 13.9. The minimum atomic E-state index is -0.205. The van der Waals surface area contributed by atoms with Gasteiger partial charge in [0, 0.05) is 16.9 Å². The molecule has 0 bridgehead atoms. The quantitative estimate of drug-likeness (QED) is 0.304. The summed E-state index contributed by atoms with van der Waals surface area (Å²) in [7, 11) is 0. The summed E-state index contributed by atoms with van der Waals surface area (Å²) in [5.41, 5.74) is 5.19. The topological polar surface area (TPSA) is 68.0 Å². The van der Waals surface area contributed by atoms with E-state index >= 15 is 0 Å². The van der Waals surface area contributed by atoms with Crippen LogP contribution < -0.4 is 5.56 Å². The number of fused-ring (bicyclic) bond motifs is 7. The highest BCUT2D eigenvalue weighted by Crippen LogP contribution is 2.65. The molecule has 8 rings (SSSR count). The van der Waals surface area contributed by atoms with Crippen LogP contribution in [0, 0.1) is 34.5 Å². The minimum absolute atomic E-state index is 0.0920. The molecule has 0 aromatic heterocycles. The third-order valence-corrected chi connectivity index (χ3v) is 12.1. The standard InChI is InChI=1S/C36H39N3O2/c1-35-18-17-29-26(28(35)15-16-31(35)40)14-13-24-20-30-23(21-36(24,29)2)19-27-33(39(30)25-11-7-4-8-12-25)37-32(38-34(27)41)22-9-5-3-6-10-22/h3-12,19,24,26,28-29,31,40H,13-18,20-21H2,1-2H3/t24-,26-,28-,29-,31-,35-,36-/m0/s1. The lowest BCUT2D eigenvalue weighted by atomic mass is 9.45. The molecule has 3 saturated carbocycles. The van der Waals surface area contributed by atoms with E-state index in [1.54, 1.807) is 0 Å². The van der Waals surface area contributed by atoms with Crippen LogP contribution in [0.2, 0.25) is 0 Å². The van der Waals surface area contributed by atoms with Gasteiger partial charge in [-0.05, 0) is 110 Å². The molecule has 6 aliphatic rings. The van der Waals surface area contributed by atoms with Crippen LogP contribution in [0.5, 0.6) is 0 Å². The van der Waals surface area contributed by atoms with Gasteiger partial charge in [-0.2, -0.15) is 4.98 Å². The molecule has 210 valence electrons. The highest BCUT2D eigenvalue weighted by Gasteiger charge is 2.60. The number of pyridine rings is 1. The van der Waals surface area contributed by atoms with Gasteiger partial charge in [-0.3, -0.25) is 9.36 Å². The lowest BCUT2D eigenvalue weighted by Gasteiger charge is -2.60.